The Balaban J connectivity index is 2.41. The van der Waals surface area contributed by atoms with Crippen LogP contribution in [-0.4, -0.2) is 4.92 Å². The number of benzene rings is 2. The largest absolute Gasteiger partial charge is 0.450 e. The summed E-state index contributed by atoms with van der Waals surface area (Å²) < 4.78 is 5.76. The monoisotopic (exact) mass is 286 g/mol. The molecule has 2 aromatic rings. The van der Waals surface area contributed by atoms with Crippen molar-refractivity contribution in [2.75, 3.05) is 0 Å². The summed E-state index contributed by atoms with van der Waals surface area (Å²) in [7, 11) is 0. The van der Waals surface area contributed by atoms with Crippen LogP contribution in [0.5, 0.6) is 11.5 Å². The zero-order valence-corrected chi connectivity index (χ0v) is 12.1. The molecular formula is C16H18N2O3. The fourth-order valence-electron chi connectivity index (χ4n) is 2.07. The average Bonchev–Trinajstić information content (AvgIpc) is 2.48. The lowest BCUT2D eigenvalue weighted by Gasteiger charge is -2.15. The summed E-state index contributed by atoms with van der Waals surface area (Å²) in [5, 5.41) is 11.1. The Kier molecular flexibility index (Phi) is 4.55. The van der Waals surface area contributed by atoms with Crippen LogP contribution >= 0.6 is 0 Å². The van der Waals surface area contributed by atoms with Gasteiger partial charge in [-0.2, -0.15) is 0 Å². The highest BCUT2D eigenvalue weighted by Crippen LogP contribution is 2.35. The number of nitrogens with two attached hydrogens (primary N) is 1. The van der Waals surface area contributed by atoms with E-state index in [0.29, 0.717) is 5.75 Å². The number of ether oxygens (including phenoxy) is 1. The highest BCUT2D eigenvalue weighted by atomic mass is 16.6. The standard InChI is InChI=1S/C16H18N2O3/c1-3-13(17)12-6-4-5-7-15(12)21-16-9-8-11(2)10-14(16)18(19)20/h4-10,13H,3,17H2,1-2H3/t13-/m0/s1. The lowest BCUT2D eigenvalue weighted by Crippen LogP contribution is -2.10. The van der Waals surface area contributed by atoms with Crippen molar-refractivity contribution >= 4 is 5.69 Å². The molecule has 2 rings (SSSR count). The number of nitro benzene ring substituents is 1. The van der Waals surface area contributed by atoms with Crippen molar-refractivity contribution in [1.29, 1.82) is 0 Å². The van der Waals surface area contributed by atoms with Crippen molar-refractivity contribution in [3.63, 3.8) is 0 Å². The lowest BCUT2D eigenvalue weighted by atomic mass is 10.0. The molecule has 0 heterocycles. The second-order valence-electron chi connectivity index (χ2n) is 4.88. The normalized spacial score (nSPS) is 12.0. The molecule has 0 aliphatic rings. The molecule has 0 spiro atoms. The lowest BCUT2D eigenvalue weighted by molar-refractivity contribution is -0.385. The predicted octanol–water partition coefficient (Wildman–Crippen LogP) is 4.11. The first kappa shape index (κ1) is 15.0. The molecule has 0 radical (unpaired) electrons. The minimum atomic E-state index is -0.440. The van der Waals surface area contributed by atoms with Crippen molar-refractivity contribution in [3.8, 4) is 11.5 Å². The maximum atomic E-state index is 11.1. The Bertz CT molecular complexity index is 656. The average molecular weight is 286 g/mol. The van der Waals surface area contributed by atoms with E-state index in [1.807, 2.05) is 25.1 Å². The molecule has 0 aliphatic heterocycles. The highest BCUT2D eigenvalue weighted by Gasteiger charge is 2.18. The minimum absolute atomic E-state index is 0.0464. The third-order valence-corrected chi connectivity index (χ3v) is 3.29. The van der Waals surface area contributed by atoms with Crippen LogP contribution in [0.2, 0.25) is 0 Å². The van der Waals surface area contributed by atoms with Crippen molar-refractivity contribution in [2.45, 2.75) is 26.3 Å². The van der Waals surface area contributed by atoms with E-state index in [9.17, 15) is 10.1 Å². The van der Waals surface area contributed by atoms with E-state index >= 15 is 0 Å². The van der Waals surface area contributed by atoms with Crippen LogP contribution in [0.15, 0.2) is 42.5 Å². The second kappa shape index (κ2) is 6.37. The molecule has 0 saturated carbocycles. The Morgan fingerprint density at radius 3 is 2.62 bits per heavy atom. The van der Waals surface area contributed by atoms with E-state index in [1.165, 1.54) is 6.07 Å². The van der Waals surface area contributed by atoms with E-state index in [1.54, 1.807) is 25.1 Å². The summed E-state index contributed by atoms with van der Waals surface area (Å²) >= 11 is 0. The van der Waals surface area contributed by atoms with Crippen molar-refractivity contribution in [1.82, 2.24) is 0 Å². The first-order chi connectivity index (χ1) is 10.0. The molecule has 21 heavy (non-hydrogen) atoms. The van der Waals surface area contributed by atoms with Gasteiger partial charge in [-0.25, -0.2) is 0 Å². The van der Waals surface area contributed by atoms with Gasteiger partial charge in [0.1, 0.15) is 5.75 Å². The summed E-state index contributed by atoms with van der Waals surface area (Å²) in [6.07, 6.45) is 0.760. The van der Waals surface area contributed by atoms with Crippen LogP contribution < -0.4 is 10.5 Å². The Morgan fingerprint density at radius 1 is 1.24 bits per heavy atom. The van der Waals surface area contributed by atoms with E-state index in [4.69, 9.17) is 10.5 Å². The van der Waals surface area contributed by atoms with Gasteiger partial charge in [0.15, 0.2) is 0 Å². The smallest absolute Gasteiger partial charge is 0.311 e. The van der Waals surface area contributed by atoms with Crippen LogP contribution in [0.25, 0.3) is 0 Å². The summed E-state index contributed by atoms with van der Waals surface area (Å²) in [5.41, 5.74) is 7.67. The zero-order valence-electron chi connectivity index (χ0n) is 12.1. The topological polar surface area (TPSA) is 78.4 Å². The van der Waals surface area contributed by atoms with Gasteiger partial charge in [0.05, 0.1) is 4.92 Å². The molecule has 0 saturated heterocycles. The molecule has 0 aromatic heterocycles. The number of rotatable bonds is 5. The molecule has 0 amide bonds. The number of nitrogens with zero attached hydrogens (tertiary/aromatic N) is 1. The molecule has 1 atom stereocenters. The predicted molar refractivity (Wildman–Crippen MR) is 81.6 cm³/mol. The van der Waals surface area contributed by atoms with Crippen LogP contribution in [0, 0.1) is 17.0 Å². The van der Waals surface area contributed by atoms with E-state index in [2.05, 4.69) is 0 Å². The van der Waals surface area contributed by atoms with Crippen molar-refractivity contribution in [3.05, 3.63) is 63.7 Å². The fraction of sp³-hybridized carbons (Fsp3) is 0.250. The second-order valence-corrected chi connectivity index (χ2v) is 4.88. The van der Waals surface area contributed by atoms with Crippen LogP contribution in [0.1, 0.15) is 30.5 Å². The zero-order chi connectivity index (χ0) is 15.4. The SMILES string of the molecule is CC[C@H](N)c1ccccc1Oc1ccc(C)cc1[N+](=O)[O-]. The third-order valence-electron chi connectivity index (χ3n) is 3.29. The summed E-state index contributed by atoms with van der Waals surface area (Å²) in [6, 6.07) is 12.1. The summed E-state index contributed by atoms with van der Waals surface area (Å²) in [6.45, 7) is 3.79. The van der Waals surface area contributed by atoms with Gasteiger partial charge < -0.3 is 10.5 Å². The minimum Gasteiger partial charge on any atom is -0.450 e. The Labute approximate surface area is 123 Å². The van der Waals surface area contributed by atoms with Crippen molar-refractivity contribution in [2.24, 2.45) is 5.73 Å². The van der Waals surface area contributed by atoms with E-state index in [0.717, 1.165) is 17.5 Å². The quantitative estimate of drug-likeness (QED) is 0.662. The van der Waals surface area contributed by atoms with Crippen LogP contribution in [0.4, 0.5) is 5.69 Å². The van der Waals surface area contributed by atoms with Gasteiger partial charge in [0.2, 0.25) is 5.75 Å². The third kappa shape index (κ3) is 3.38. The first-order valence-electron chi connectivity index (χ1n) is 6.80. The molecule has 2 N–H and O–H groups in total. The van der Waals surface area contributed by atoms with Crippen LogP contribution in [-0.2, 0) is 0 Å². The highest BCUT2D eigenvalue weighted by molar-refractivity contribution is 5.51. The number of para-hydroxylation sites is 1. The van der Waals surface area contributed by atoms with Gasteiger partial charge >= 0.3 is 5.69 Å². The molecule has 5 nitrogen and oxygen atoms in total. The number of hydrogen-bond donors (Lipinski definition) is 1. The number of aryl methyl sites for hydroxylation is 1. The van der Waals surface area contributed by atoms with Gasteiger partial charge in [0, 0.05) is 17.7 Å². The molecule has 0 unspecified atom stereocenters. The van der Waals surface area contributed by atoms with Gasteiger partial charge in [0.25, 0.3) is 0 Å². The maximum Gasteiger partial charge on any atom is 0.311 e. The Morgan fingerprint density at radius 2 is 1.95 bits per heavy atom. The van der Waals surface area contributed by atoms with E-state index < -0.39 is 4.92 Å². The van der Waals surface area contributed by atoms with Gasteiger partial charge in [-0.3, -0.25) is 10.1 Å². The molecule has 0 aliphatic carbocycles. The molecule has 5 heteroatoms. The molecular weight excluding hydrogens is 268 g/mol. The maximum absolute atomic E-state index is 11.1. The summed E-state index contributed by atoms with van der Waals surface area (Å²) in [4.78, 5) is 10.7. The van der Waals surface area contributed by atoms with Gasteiger partial charge in [-0.05, 0) is 31.0 Å². The molecule has 2 aromatic carbocycles. The molecule has 0 fully saturated rings. The summed E-state index contributed by atoms with van der Waals surface area (Å²) in [5.74, 6) is 0.778. The van der Waals surface area contributed by atoms with Crippen LogP contribution in [0.3, 0.4) is 0 Å². The van der Waals surface area contributed by atoms with E-state index in [-0.39, 0.29) is 17.5 Å². The van der Waals surface area contributed by atoms with Gasteiger partial charge in [-0.15, -0.1) is 0 Å². The van der Waals surface area contributed by atoms with Crippen molar-refractivity contribution < 1.29 is 9.66 Å². The molecule has 0 bridgehead atoms. The number of hydrogen-bond acceptors (Lipinski definition) is 4. The first-order valence-corrected chi connectivity index (χ1v) is 6.80. The Hall–Kier alpha value is -2.40. The molecule has 110 valence electrons. The number of nitro groups is 1. The fourth-order valence-corrected chi connectivity index (χ4v) is 2.07. The van der Waals surface area contributed by atoms with Gasteiger partial charge in [-0.1, -0.05) is 31.2 Å².